The summed E-state index contributed by atoms with van der Waals surface area (Å²) in [5.74, 6) is 0.110. The lowest BCUT2D eigenvalue weighted by Gasteiger charge is -2.40. The monoisotopic (exact) mass is 406 g/mol. The van der Waals surface area contributed by atoms with E-state index in [1.807, 2.05) is 52.3 Å². The highest BCUT2D eigenvalue weighted by atomic mass is 32.2. The third-order valence-corrected chi connectivity index (χ3v) is 6.07. The molecule has 1 saturated heterocycles. The zero-order chi connectivity index (χ0) is 20.2. The predicted octanol–water partition coefficient (Wildman–Crippen LogP) is 3.94. The number of nitrogens with zero attached hydrogens (tertiary/aromatic N) is 4. The summed E-state index contributed by atoms with van der Waals surface area (Å²) in [6, 6.07) is 18.5. The van der Waals surface area contributed by atoms with E-state index in [9.17, 15) is 4.79 Å². The number of hydrogen-bond acceptors (Lipinski definition) is 4. The third kappa shape index (κ3) is 4.38. The largest absolute Gasteiger partial charge is 0.333 e. The molecule has 1 aliphatic heterocycles. The Balaban J connectivity index is 1.41. The summed E-state index contributed by atoms with van der Waals surface area (Å²) in [5.41, 5.74) is 3.08. The van der Waals surface area contributed by atoms with Crippen molar-refractivity contribution in [1.82, 2.24) is 19.4 Å². The van der Waals surface area contributed by atoms with Crippen LogP contribution >= 0.6 is 11.8 Å². The topological polar surface area (TPSA) is 41.4 Å². The maximum Gasteiger partial charge on any atom is 0.254 e. The lowest BCUT2D eigenvalue weighted by atomic mass is 10.1. The smallest absolute Gasteiger partial charge is 0.254 e. The molecular weight excluding hydrogens is 380 g/mol. The summed E-state index contributed by atoms with van der Waals surface area (Å²) in [4.78, 5) is 21.8. The Morgan fingerprint density at radius 2 is 1.86 bits per heavy atom. The summed E-state index contributed by atoms with van der Waals surface area (Å²) < 4.78 is 2.03. The number of piperazine rings is 1. The molecule has 0 bridgehead atoms. The first-order chi connectivity index (χ1) is 14.2. The molecule has 2 aromatic carbocycles. The Bertz CT molecular complexity index is 955. The van der Waals surface area contributed by atoms with Gasteiger partial charge in [0.1, 0.15) is 0 Å². The zero-order valence-corrected chi connectivity index (χ0v) is 17.7. The average molecular weight is 407 g/mol. The number of thioether (sulfide) groups is 1. The normalized spacial score (nSPS) is 17.4. The molecule has 1 fully saturated rings. The molecule has 1 aliphatic rings. The lowest BCUT2D eigenvalue weighted by Crippen LogP contribution is -2.53. The van der Waals surface area contributed by atoms with E-state index >= 15 is 0 Å². The van der Waals surface area contributed by atoms with Crippen LogP contribution in [0, 0.1) is 0 Å². The molecule has 0 unspecified atom stereocenters. The van der Waals surface area contributed by atoms with Crippen molar-refractivity contribution < 1.29 is 4.79 Å². The number of carbonyl (C=O) groups is 1. The standard InChI is InChI=1S/C23H26N4OS/c1-18-16-25(17-19-6-4-3-5-7-19)14-15-26(18)22(28)20-8-10-21(11-9-20)27-13-12-24-23(27)29-2/h3-13,18H,14-17H2,1-2H3/t18-/m1/s1. The molecule has 6 heteroatoms. The van der Waals surface area contributed by atoms with E-state index in [4.69, 9.17) is 0 Å². The highest BCUT2D eigenvalue weighted by Crippen LogP contribution is 2.20. The highest BCUT2D eigenvalue weighted by Gasteiger charge is 2.28. The Morgan fingerprint density at radius 3 is 2.55 bits per heavy atom. The second-order valence-electron chi connectivity index (χ2n) is 7.40. The molecule has 5 nitrogen and oxygen atoms in total. The summed E-state index contributed by atoms with van der Waals surface area (Å²) in [6.45, 7) is 5.62. The van der Waals surface area contributed by atoms with Crippen LogP contribution in [0.2, 0.25) is 0 Å². The van der Waals surface area contributed by atoms with Gasteiger partial charge in [0.25, 0.3) is 5.91 Å². The van der Waals surface area contributed by atoms with Gasteiger partial charge >= 0.3 is 0 Å². The van der Waals surface area contributed by atoms with Gasteiger partial charge in [0.05, 0.1) is 0 Å². The number of carbonyl (C=O) groups excluding carboxylic acids is 1. The molecule has 1 aromatic heterocycles. The fourth-order valence-electron chi connectivity index (χ4n) is 3.89. The second-order valence-corrected chi connectivity index (χ2v) is 8.17. The van der Waals surface area contributed by atoms with Crippen molar-refractivity contribution >= 4 is 17.7 Å². The Labute approximate surface area is 176 Å². The van der Waals surface area contributed by atoms with Crippen LogP contribution in [0.3, 0.4) is 0 Å². The minimum absolute atomic E-state index is 0.110. The third-order valence-electron chi connectivity index (χ3n) is 5.40. The van der Waals surface area contributed by atoms with Crippen molar-refractivity contribution in [2.24, 2.45) is 0 Å². The fourth-order valence-corrected chi connectivity index (χ4v) is 4.42. The SMILES string of the molecule is CSc1nccn1-c1ccc(C(=O)N2CCN(Cc3ccccc3)C[C@H]2C)cc1. The van der Waals surface area contributed by atoms with Crippen LogP contribution in [-0.2, 0) is 6.54 Å². The molecule has 2 heterocycles. The van der Waals surface area contributed by atoms with E-state index < -0.39 is 0 Å². The molecule has 29 heavy (non-hydrogen) atoms. The zero-order valence-electron chi connectivity index (χ0n) is 16.9. The molecule has 0 spiro atoms. The van der Waals surface area contributed by atoms with Gasteiger partial charge in [0.2, 0.25) is 0 Å². The van der Waals surface area contributed by atoms with Gasteiger partial charge in [-0.15, -0.1) is 0 Å². The number of amides is 1. The van der Waals surface area contributed by atoms with Gasteiger partial charge in [-0.05, 0) is 43.0 Å². The quantitative estimate of drug-likeness (QED) is 0.602. The van der Waals surface area contributed by atoms with Crippen LogP contribution in [0.5, 0.6) is 0 Å². The van der Waals surface area contributed by atoms with Gasteiger partial charge in [-0.1, -0.05) is 42.1 Å². The minimum Gasteiger partial charge on any atom is -0.333 e. The molecule has 0 radical (unpaired) electrons. The van der Waals surface area contributed by atoms with E-state index in [2.05, 4.69) is 41.1 Å². The Morgan fingerprint density at radius 1 is 1.10 bits per heavy atom. The summed E-state index contributed by atoms with van der Waals surface area (Å²) in [7, 11) is 0. The summed E-state index contributed by atoms with van der Waals surface area (Å²) in [6.07, 6.45) is 5.74. The maximum absolute atomic E-state index is 13.1. The van der Waals surface area contributed by atoms with Gasteiger partial charge in [-0.2, -0.15) is 0 Å². The van der Waals surface area contributed by atoms with Crippen LogP contribution in [0.1, 0.15) is 22.8 Å². The molecular formula is C23H26N4OS. The van der Waals surface area contributed by atoms with E-state index in [1.54, 1.807) is 18.0 Å². The first-order valence-corrected chi connectivity index (χ1v) is 11.1. The van der Waals surface area contributed by atoms with Crippen molar-refractivity contribution in [2.75, 3.05) is 25.9 Å². The summed E-state index contributed by atoms with van der Waals surface area (Å²) >= 11 is 1.60. The number of rotatable bonds is 5. The van der Waals surface area contributed by atoms with E-state index in [0.29, 0.717) is 0 Å². The van der Waals surface area contributed by atoms with Crippen molar-refractivity contribution in [3.8, 4) is 5.69 Å². The molecule has 0 N–H and O–H groups in total. The van der Waals surface area contributed by atoms with Crippen molar-refractivity contribution in [2.45, 2.75) is 24.7 Å². The molecule has 3 aromatic rings. The predicted molar refractivity (Wildman–Crippen MR) is 118 cm³/mol. The molecule has 1 amide bonds. The Kier molecular flexibility index (Phi) is 6.02. The Hall–Kier alpha value is -2.57. The van der Waals surface area contributed by atoms with Gasteiger partial charge in [0.15, 0.2) is 5.16 Å². The van der Waals surface area contributed by atoms with Crippen molar-refractivity contribution in [1.29, 1.82) is 0 Å². The van der Waals surface area contributed by atoms with Crippen LogP contribution in [0.4, 0.5) is 0 Å². The number of aromatic nitrogens is 2. The number of imidazole rings is 1. The van der Waals surface area contributed by atoms with Crippen LogP contribution < -0.4 is 0 Å². The average Bonchev–Trinajstić information content (AvgIpc) is 3.23. The molecule has 0 aliphatic carbocycles. The number of benzene rings is 2. The highest BCUT2D eigenvalue weighted by molar-refractivity contribution is 7.98. The van der Waals surface area contributed by atoms with Gasteiger partial charge in [-0.3, -0.25) is 14.3 Å². The van der Waals surface area contributed by atoms with Crippen LogP contribution in [-0.4, -0.2) is 57.2 Å². The van der Waals surface area contributed by atoms with Crippen LogP contribution in [0.15, 0.2) is 72.1 Å². The molecule has 150 valence electrons. The first kappa shape index (κ1) is 19.7. The first-order valence-electron chi connectivity index (χ1n) is 9.90. The van der Waals surface area contributed by atoms with E-state index in [1.165, 1.54) is 5.56 Å². The number of hydrogen-bond donors (Lipinski definition) is 0. The van der Waals surface area contributed by atoms with Crippen molar-refractivity contribution in [3.05, 3.63) is 78.1 Å². The van der Waals surface area contributed by atoms with Crippen LogP contribution in [0.25, 0.3) is 5.69 Å². The van der Waals surface area contributed by atoms with Crippen molar-refractivity contribution in [3.63, 3.8) is 0 Å². The van der Waals surface area contributed by atoms with E-state index in [0.717, 1.165) is 42.6 Å². The van der Waals surface area contributed by atoms with Gasteiger partial charge < -0.3 is 4.90 Å². The molecule has 0 saturated carbocycles. The van der Waals surface area contributed by atoms with Gasteiger partial charge in [-0.25, -0.2) is 4.98 Å². The second kappa shape index (κ2) is 8.84. The fraction of sp³-hybridized carbons (Fsp3) is 0.304. The van der Waals surface area contributed by atoms with Gasteiger partial charge in [0, 0.05) is 55.9 Å². The van der Waals surface area contributed by atoms with E-state index in [-0.39, 0.29) is 11.9 Å². The summed E-state index contributed by atoms with van der Waals surface area (Å²) in [5, 5.41) is 0.937. The lowest BCUT2D eigenvalue weighted by molar-refractivity contribution is 0.0475. The molecule has 4 rings (SSSR count). The molecule has 1 atom stereocenters. The minimum atomic E-state index is 0.110. The maximum atomic E-state index is 13.1.